The number of halogens is 1. The van der Waals surface area contributed by atoms with Gasteiger partial charge in [-0.2, -0.15) is 11.8 Å². The highest BCUT2D eigenvalue weighted by atomic mass is 32.2. The fourth-order valence-corrected chi connectivity index (χ4v) is 1.57. The van der Waals surface area contributed by atoms with Gasteiger partial charge in [0.05, 0.1) is 5.56 Å². The number of ketones is 1. The van der Waals surface area contributed by atoms with Gasteiger partial charge in [0.1, 0.15) is 5.82 Å². The van der Waals surface area contributed by atoms with Crippen molar-refractivity contribution in [3.63, 3.8) is 0 Å². The molecule has 0 aromatic heterocycles. The Morgan fingerprint density at radius 1 is 1.50 bits per heavy atom. The Morgan fingerprint density at radius 2 is 2.21 bits per heavy atom. The SMILES string of the molecule is CSCCC(=O)c1ccc(C)cc1F. The van der Waals surface area contributed by atoms with Crippen LogP contribution in [0.1, 0.15) is 22.3 Å². The summed E-state index contributed by atoms with van der Waals surface area (Å²) in [6, 6.07) is 4.72. The molecule has 0 saturated carbocycles. The Bertz CT molecular complexity index is 336. The van der Waals surface area contributed by atoms with Gasteiger partial charge in [0.2, 0.25) is 0 Å². The molecule has 0 aliphatic carbocycles. The van der Waals surface area contributed by atoms with Gasteiger partial charge in [-0.05, 0) is 30.9 Å². The molecule has 0 bridgehead atoms. The molecule has 0 unspecified atom stereocenters. The molecule has 0 fully saturated rings. The van der Waals surface area contributed by atoms with Crippen molar-refractivity contribution in [2.45, 2.75) is 13.3 Å². The molecule has 0 spiro atoms. The van der Waals surface area contributed by atoms with Gasteiger partial charge in [-0.15, -0.1) is 0 Å². The van der Waals surface area contributed by atoms with Crippen LogP contribution in [0.5, 0.6) is 0 Å². The summed E-state index contributed by atoms with van der Waals surface area (Å²) in [7, 11) is 0. The lowest BCUT2D eigenvalue weighted by molar-refractivity contribution is 0.0985. The maximum atomic E-state index is 13.3. The van der Waals surface area contributed by atoms with Gasteiger partial charge in [0.25, 0.3) is 0 Å². The van der Waals surface area contributed by atoms with Gasteiger partial charge in [-0.1, -0.05) is 6.07 Å². The van der Waals surface area contributed by atoms with Gasteiger partial charge in [0.15, 0.2) is 5.78 Å². The molecule has 0 atom stereocenters. The van der Waals surface area contributed by atoms with E-state index in [1.807, 2.05) is 6.26 Å². The van der Waals surface area contributed by atoms with Crippen LogP contribution >= 0.6 is 11.8 Å². The predicted octanol–water partition coefficient (Wildman–Crippen LogP) is 3.07. The van der Waals surface area contributed by atoms with Crippen LogP contribution in [0.4, 0.5) is 4.39 Å². The summed E-state index contributed by atoms with van der Waals surface area (Å²) in [5.74, 6) is 0.222. The van der Waals surface area contributed by atoms with Crippen molar-refractivity contribution < 1.29 is 9.18 Å². The molecule has 0 aliphatic rings. The monoisotopic (exact) mass is 212 g/mol. The zero-order chi connectivity index (χ0) is 10.6. The van der Waals surface area contributed by atoms with Crippen LogP contribution in [-0.2, 0) is 0 Å². The molecular weight excluding hydrogens is 199 g/mol. The predicted molar refractivity (Wildman–Crippen MR) is 58.5 cm³/mol. The Balaban J connectivity index is 2.80. The second-order valence-corrected chi connectivity index (χ2v) is 4.13. The fraction of sp³-hybridized carbons (Fsp3) is 0.364. The maximum Gasteiger partial charge on any atom is 0.166 e. The topological polar surface area (TPSA) is 17.1 Å². The van der Waals surface area contributed by atoms with E-state index in [1.165, 1.54) is 6.07 Å². The van der Waals surface area contributed by atoms with Crippen molar-refractivity contribution in [2.75, 3.05) is 12.0 Å². The number of benzene rings is 1. The third-order valence-corrected chi connectivity index (χ3v) is 2.57. The molecule has 0 amide bonds. The van der Waals surface area contributed by atoms with Crippen molar-refractivity contribution >= 4 is 17.5 Å². The van der Waals surface area contributed by atoms with Gasteiger partial charge in [-0.25, -0.2) is 4.39 Å². The Hall–Kier alpha value is -0.830. The van der Waals surface area contributed by atoms with Gasteiger partial charge in [0, 0.05) is 12.2 Å². The molecule has 0 saturated heterocycles. The van der Waals surface area contributed by atoms with E-state index < -0.39 is 5.82 Å². The lowest BCUT2D eigenvalue weighted by Crippen LogP contribution is -2.03. The summed E-state index contributed by atoms with van der Waals surface area (Å²) in [4.78, 5) is 11.5. The third kappa shape index (κ3) is 2.84. The summed E-state index contributed by atoms with van der Waals surface area (Å²) >= 11 is 1.59. The molecule has 76 valence electrons. The van der Waals surface area contributed by atoms with Crippen molar-refractivity contribution in [1.82, 2.24) is 0 Å². The number of thioether (sulfide) groups is 1. The standard InChI is InChI=1S/C11H13FOS/c1-8-3-4-9(10(12)7-8)11(13)5-6-14-2/h3-4,7H,5-6H2,1-2H3. The number of rotatable bonds is 4. The van der Waals surface area contributed by atoms with E-state index >= 15 is 0 Å². The lowest BCUT2D eigenvalue weighted by Gasteiger charge is -2.02. The molecule has 1 rings (SSSR count). The molecular formula is C11H13FOS. The number of hydrogen-bond acceptors (Lipinski definition) is 2. The number of carbonyl (C=O) groups is 1. The number of hydrogen-bond donors (Lipinski definition) is 0. The highest BCUT2D eigenvalue weighted by molar-refractivity contribution is 7.98. The van der Waals surface area contributed by atoms with Crippen molar-refractivity contribution in [2.24, 2.45) is 0 Å². The highest BCUT2D eigenvalue weighted by Gasteiger charge is 2.10. The lowest BCUT2D eigenvalue weighted by atomic mass is 10.1. The first kappa shape index (κ1) is 11.2. The Labute approximate surface area is 87.7 Å². The normalized spacial score (nSPS) is 10.2. The minimum Gasteiger partial charge on any atom is -0.294 e. The van der Waals surface area contributed by atoms with Crippen LogP contribution in [0.25, 0.3) is 0 Å². The summed E-state index contributed by atoms with van der Waals surface area (Å²) < 4.78 is 13.3. The molecule has 3 heteroatoms. The Morgan fingerprint density at radius 3 is 2.79 bits per heavy atom. The second kappa shape index (κ2) is 5.15. The molecule has 1 nitrogen and oxygen atoms in total. The van der Waals surface area contributed by atoms with Crippen LogP contribution in [0.2, 0.25) is 0 Å². The van der Waals surface area contributed by atoms with Crippen LogP contribution in [-0.4, -0.2) is 17.8 Å². The quantitative estimate of drug-likeness (QED) is 0.713. The average Bonchev–Trinajstić information content (AvgIpc) is 2.14. The molecule has 1 aromatic rings. The van der Waals surface area contributed by atoms with Gasteiger partial charge in [-0.3, -0.25) is 4.79 Å². The van der Waals surface area contributed by atoms with Crippen molar-refractivity contribution in [3.05, 3.63) is 35.1 Å². The van der Waals surface area contributed by atoms with E-state index in [0.717, 1.165) is 11.3 Å². The van der Waals surface area contributed by atoms with Crippen LogP contribution in [0.3, 0.4) is 0 Å². The molecule has 14 heavy (non-hydrogen) atoms. The minimum atomic E-state index is -0.406. The van der Waals surface area contributed by atoms with E-state index in [0.29, 0.717) is 6.42 Å². The first-order chi connectivity index (χ1) is 6.65. The largest absolute Gasteiger partial charge is 0.294 e. The number of aryl methyl sites for hydroxylation is 1. The van der Waals surface area contributed by atoms with Crippen LogP contribution < -0.4 is 0 Å². The third-order valence-electron chi connectivity index (χ3n) is 1.96. The molecule has 1 aromatic carbocycles. The van der Waals surface area contributed by atoms with Gasteiger partial charge >= 0.3 is 0 Å². The zero-order valence-corrected chi connectivity index (χ0v) is 9.16. The zero-order valence-electron chi connectivity index (χ0n) is 8.34. The number of Topliss-reactive ketones (excluding diaryl/α,β-unsaturated/α-hetero) is 1. The molecule has 0 N–H and O–H groups in total. The summed E-state index contributed by atoms with van der Waals surface area (Å²) in [6.07, 6.45) is 2.33. The Kier molecular flexibility index (Phi) is 4.14. The first-order valence-corrected chi connectivity index (χ1v) is 5.83. The van der Waals surface area contributed by atoms with E-state index in [1.54, 1.807) is 30.8 Å². The average molecular weight is 212 g/mol. The first-order valence-electron chi connectivity index (χ1n) is 4.43. The van der Waals surface area contributed by atoms with E-state index in [-0.39, 0.29) is 11.3 Å². The fourth-order valence-electron chi connectivity index (χ4n) is 1.18. The van der Waals surface area contributed by atoms with E-state index in [4.69, 9.17) is 0 Å². The molecule has 0 aliphatic heterocycles. The summed E-state index contributed by atoms with van der Waals surface area (Å²) in [5, 5.41) is 0. The maximum absolute atomic E-state index is 13.3. The van der Waals surface area contributed by atoms with Crippen LogP contribution in [0, 0.1) is 12.7 Å². The van der Waals surface area contributed by atoms with E-state index in [9.17, 15) is 9.18 Å². The molecule has 0 heterocycles. The minimum absolute atomic E-state index is 0.114. The summed E-state index contributed by atoms with van der Waals surface area (Å²) in [5.41, 5.74) is 1.05. The van der Waals surface area contributed by atoms with Crippen LogP contribution in [0.15, 0.2) is 18.2 Å². The highest BCUT2D eigenvalue weighted by Crippen LogP contribution is 2.13. The van der Waals surface area contributed by atoms with Crippen molar-refractivity contribution in [1.29, 1.82) is 0 Å². The molecule has 0 radical (unpaired) electrons. The van der Waals surface area contributed by atoms with Gasteiger partial charge < -0.3 is 0 Å². The van der Waals surface area contributed by atoms with E-state index in [2.05, 4.69) is 0 Å². The summed E-state index contributed by atoms with van der Waals surface area (Å²) in [6.45, 7) is 1.80. The number of carbonyl (C=O) groups excluding carboxylic acids is 1. The smallest absolute Gasteiger partial charge is 0.166 e. The van der Waals surface area contributed by atoms with Crippen molar-refractivity contribution in [3.8, 4) is 0 Å². The second-order valence-electron chi connectivity index (χ2n) is 3.15.